The zero-order valence-corrected chi connectivity index (χ0v) is 20.9. The van der Waals surface area contributed by atoms with Crippen LogP contribution >= 0.6 is 0 Å². The van der Waals surface area contributed by atoms with Crippen molar-refractivity contribution in [2.24, 2.45) is 0 Å². The Bertz CT molecular complexity index is 1250. The number of rotatable bonds is 10. The van der Waals surface area contributed by atoms with Crippen LogP contribution in [0.1, 0.15) is 31.1 Å². The fourth-order valence-corrected chi connectivity index (χ4v) is 3.90. The van der Waals surface area contributed by atoms with Gasteiger partial charge in [0, 0.05) is 0 Å². The molecule has 0 aromatic heterocycles. The number of esters is 3. The molecular weight excluding hydrogens is 507 g/mol. The molecule has 202 valence electrons. The number of carbonyl (C=O) groups excluding carboxylic acids is 3. The number of benzene rings is 3. The predicted octanol–water partition coefficient (Wildman–Crippen LogP) is 4.56. The smallest absolute Gasteiger partial charge is 0.338 e. The Kier molecular flexibility index (Phi) is 9.55. The highest BCUT2D eigenvalue weighted by Gasteiger charge is 2.52. The Morgan fingerprint density at radius 1 is 0.744 bits per heavy atom. The van der Waals surface area contributed by atoms with Gasteiger partial charge in [0.1, 0.15) is 12.7 Å². The number of halogens is 1. The summed E-state index contributed by atoms with van der Waals surface area (Å²) in [5.41, 5.74) is 0.632. The van der Waals surface area contributed by atoms with Crippen molar-refractivity contribution < 1.29 is 42.5 Å². The van der Waals surface area contributed by atoms with Crippen LogP contribution in [0.3, 0.4) is 0 Å². The first kappa shape index (κ1) is 27.7. The van der Waals surface area contributed by atoms with E-state index in [1.807, 2.05) is 0 Å². The zero-order valence-electron chi connectivity index (χ0n) is 20.9. The van der Waals surface area contributed by atoms with Crippen LogP contribution in [0, 0.1) is 0 Å². The van der Waals surface area contributed by atoms with Crippen molar-refractivity contribution in [3.05, 3.63) is 120 Å². The lowest BCUT2D eigenvalue weighted by Gasteiger charge is -2.42. The molecule has 0 saturated carbocycles. The molecule has 0 aliphatic carbocycles. The third-order valence-corrected chi connectivity index (χ3v) is 5.84. The van der Waals surface area contributed by atoms with Crippen LogP contribution in [0.25, 0.3) is 0 Å². The Morgan fingerprint density at radius 2 is 1.21 bits per heavy atom. The monoisotopic (exact) mass is 534 g/mol. The number of ether oxygens (including phenoxy) is 5. The lowest BCUT2D eigenvalue weighted by molar-refractivity contribution is -0.286. The van der Waals surface area contributed by atoms with E-state index < -0.39 is 55.3 Å². The fraction of sp³-hybridized carbons (Fsp3) is 0.233. The lowest BCUT2D eigenvalue weighted by Crippen LogP contribution is -2.60. The van der Waals surface area contributed by atoms with Gasteiger partial charge in [0.2, 0.25) is 0 Å². The quantitative estimate of drug-likeness (QED) is 0.212. The van der Waals surface area contributed by atoms with Crippen molar-refractivity contribution in [1.82, 2.24) is 0 Å². The van der Waals surface area contributed by atoms with Crippen LogP contribution in [0.2, 0.25) is 0 Å². The molecule has 1 saturated heterocycles. The minimum Gasteiger partial charge on any atom is -0.459 e. The topological polar surface area (TPSA) is 97.4 Å². The number of carbonyl (C=O) groups is 3. The maximum absolute atomic E-state index is 16.0. The first-order valence-electron chi connectivity index (χ1n) is 12.2. The second-order valence-corrected chi connectivity index (χ2v) is 8.55. The summed E-state index contributed by atoms with van der Waals surface area (Å²) >= 11 is 0. The standard InChI is InChI=1S/C30H27FO8/c1-2-18-35-30-26(39-29(34)22-16-10-5-11-17-22)25(38-28(33)21-14-8-4-9-15-21)24(31)23(37-30)19-36-27(32)20-12-6-3-7-13-20/h2-17,23-26,30H,1,18-19H2/t23-,24-,25+,26-,30+/m1/s1. The van der Waals surface area contributed by atoms with Crippen molar-refractivity contribution >= 4 is 17.9 Å². The van der Waals surface area contributed by atoms with Crippen molar-refractivity contribution in [2.75, 3.05) is 13.2 Å². The second kappa shape index (κ2) is 13.5. The first-order chi connectivity index (χ1) is 19.0. The molecule has 1 aliphatic rings. The Balaban J connectivity index is 1.59. The highest BCUT2D eigenvalue weighted by atomic mass is 19.1. The molecule has 39 heavy (non-hydrogen) atoms. The Labute approximate surface area is 224 Å². The molecular formula is C30H27FO8. The third-order valence-electron chi connectivity index (χ3n) is 5.84. The molecule has 0 bridgehead atoms. The van der Waals surface area contributed by atoms with Gasteiger partial charge in [-0.1, -0.05) is 60.7 Å². The van der Waals surface area contributed by atoms with Crippen LogP contribution in [-0.4, -0.2) is 61.9 Å². The second-order valence-electron chi connectivity index (χ2n) is 8.55. The van der Waals surface area contributed by atoms with E-state index in [0.717, 1.165) is 0 Å². The van der Waals surface area contributed by atoms with Crippen LogP contribution in [0.4, 0.5) is 4.39 Å². The van der Waals surface area contributed by atoms with Crippen LogP contribution in [-0.2, 0) is 23.7 Å². The van der Waals surface area contributed by atoms with Gasteiger partial charge >= 0.3 is 17.9 Å². The molecule has 3 aromatic rings. The average Bonchev–Trinajstić information content (AvgIpc) is 2.99. The summed E-state index contributed by atoms with van der Waals surface area (Å²) in [6, 6.07) is 24.2. The molecule has 4 rings (SSSR count). The van der Waals surface area contributed by atoms with Gasteiger partial charge in [-0.3, -0.25) is 0 Å². The fourth-order valence-electron chi connectivity index (χ4n) is 3.90. The molecule has 1 fully saturated rings. The van der Waals surface area contributed by atoms with Crippen molar-refractivity contribution in [3.63, 3.8) is 0 Å². The van der Waals surface area contributed by atoms with Crippen LogP contribution in [0.15, 0.2) is 104 Å². The normalized spacial score (nSPS) is 22.3. The van der Waals surface area contributed by atoms with E-state index in [2.05, 4.69) is 6.58 Å². The molecule has 9 heteroatoms. The highest BCUT2D eigenvalue weighted by Crippen LogP contribution is 2.31. The molecule has 1 heterocycles. The maximum atomic E-state index is 16.0. The molecule has 5 atom stereocenters. The van der Waals surface area contributed by atoms with Crippen molar-refractivity contribution in [1.29, 1.82) is 0 Å². The summed E-state index contributed by atoms with van der Waals surface area (Å²) < 4.78 is 43.8. The number of hydrogen-bond acceptors (Lipinski definition) is 8. The Morgan fingerprint density at radius 3 is 1.69 bits per heavy atom. The van der Waals surface area contributed by atoms with E-state index >= 15 is 4.39 Å². The lowest BCUT2D eigenvalue weighted by atomic mass is 9.99. The van der Waals surface area contributed by atoms with Gasteiger partial charge in [-0.25, -0.2) is 18.8 Å². The van der Waals surface area contributed by atoms with Gasteiger partial charge in [-0.15, -0.1) is 6.58 Å². The summed E-state index contributed by atoms with van der Waals surface area (Å²) in [5.74, 6) is -2.32. The van der Waals surface area contributed by atoms with Gasteiger partial charge in [0.05, 0.1) is 23.3 Å². The minimum absolute atomic E-state index is 0.0448. The Hall–Kier alpha value is -4.34. The summed E-state index contributed by atoms with van der Waals surface area (Å²) in [6.45, 7) is 3.04. The largest absolute Gasteiger partial charge is 0.459 e. The SMILES string of the molecule is C=CCO[C@H]1O[C@H](COC(=O)c2ccccc2)[C@@H](F)[C@H](OC(=O)c2ccccc2)[C@H]1OC(=O)c1ccccc1. The van der Waals surface area contributed by atoms with Crippen LogP contribution in [0.5, 0.6) is 0 Å². The summed E-state index contributed by atoms with van der Waals surface area (Å²) in [6.07, 6.45) is -6.50. The van der Waals surface area contributed by atoms with Gasteiger partial charge < -0.3 is 23.7 Å². The molecule has 8 nitrogen and oxygen atoms in total. The summed E-state index contributed by atoms with van der Waals surface area (Å²) in [5, 5.41) is 0. The van der Waals surface area contributed by atoms with E-state index in [1.54, 1.807) is 66.7 Å². The van der Waals surface area contributed by atoms with E-state index in [-0.39, 0.29) is 23.3 Å². The van der Waals surface area contributed by atoms with Gasteiger partial charge in [-0.05, 0) is 36.4 Å². The molecule has 0 radical (unpaired) electrons. The average molecular weight is 535 g/mol. The summed E-state index contributed by atoms with van der Waals surface area (Å²) in [4.78, 5) is 38.3. The minimum atomic E-state index is -2.04. The van der Waals surface area contributed by atoms with Crippen LogP contribution < -0.4 is 0 Å². The first-order valence-corrected chi connectivity index (χ1v) is 12.2. The molecule has 3 aromatic carbocycles. The van der Waals surface area contributed by atoms with E-state index in [1.165, 1.54) is 30.3 Å². The van der Waals surface area contributed by atoms with Gasteiger partial charge in [-0.2, -0.15) is 0 Å². The highest BCUT2D eigenvalue weighted by molar-refractivity contribution is 5.90. The van der Waals surface area contributed by atoms with Gasteiger partial charge in [0.25, 0.3) is 0 Å². The summed E-state index contributed by atoms with van der Waals surface area (Å²) in [7, 11) is 0. The van der Waals surface area contributed by atoms with E-state index in [4.69, 9.17) is 23.7 Å². The predicted molar refractivity (Wildman–Crippen MR) is 138 cm³/mol. The van der Waals surface area contributed by atoms with Crippen molar-refractivity contribution in [2.45, 2.75) is 30.8 Å². The maximum Gasteiger partial charge on any atom is 0.338 e. The molecule has 0 amide bonds. The molecule has 1 aliphatic heterocycles. The number of alkyl halides is 1. The van der Waals surface area contributed by atoms with E-state index in [0.29, 0.717) is 0 Å². The molecule has 0 unspecified atom stereocenters. The third kappa shape index (κ3) is 7.16. The van der Waals surface area contributed by atoms with Crippen molar-refractivity contribution in [3.8, 4) is 0 Å². The molecule has 0 N–H and O–H groups in total. The molecule has 0 spiro atoms. The zero-order chi connectivity index (χ0) is 27.6. The van der Waals surface area contributed by atoms with E-state index in [9.17, 15) is 14.4 Å². The number of hydrogen-bond donors (Lipinski definition) is 0. The van der Waals surface area contributed by atoms with Gasteiger partial charge in [0.15, 0.2) is 24.7 Å².